The summed E-state index contributed by atoms with van der Waals surface area (Å²) in [5.74, 6) is -1.71. The van der Waals surface area contributed by atoms with Gasteiger partial charge in [-0.05, 0) is 36.8 Å². The van der Waals surface area contributed by atoms with Crippen LogP contribution in [0, 0.1) is 12.7 Å². The Labute approximate surface area is 151 Å². The fourth-order valence-electron chi connectivity index (χ4n) is 3.66. The normalized spacial score (nSPS) is 17.8. The van der Waals surface area contributed by atoms with E-state index in [0.29, 0.717) is 12.4 Å². The second kappa shape index (κ2) is 6.53. The van der Waals surface area contributed by atoms with Gasteiger partial charge in [0.1, 0.15) is 5.82 Å². The Hall–Kier alpha value is -2.73. The Morgan fingerprint density at radius 3 is 2.42 bits per heavy atom. The number of carbonyl (C=O) groups is 2. The summed E-state index contributed by atoms with van der Waals surface area (Å²) in [6, 6.07) is 12.2. The summed E-state index contributed by atoms with van der Waals surface area (Å²) in [4.78, 5) is 30.3. The molecule has 2 aliphatic heterocycles. The lowest BCUT2D eigenvalue weighted by Crippen LogP contribution is -2.51. The van der Waals surface area contributed by atoms with E-state index < -0.39 is 17.5 Å². The van der Waals surface area contributed by atoms with Gasteiger partial charge in [-0.25, -0.2) is 4.39 Å². The maximum absolute atomic E-state index is 13.4. The van der Waals surface area contributed by atoms with Crippen molar-refractivity contribution in [3.05, 3.63) is 59.4 Å². The number of aryl methyl sites for hydroxylation is 1. The molecule has 2 aromatic carbocycles. The van der Waals surface area contributed by atoms with Gasteiger partial charge in [0.25, 0.3) is 5.78 Å². The first-order chi connectivity index (χ1) is 12.5. The van der Waals surface area contributed by atoms with Crippen molar-refractivity contribution in [2.45, 2.75) is 6.92 Å². The molecule has 2 aromatic rings. The zero-order valence-corrected chi connectivity index (χ0v) is 14.6. The first-order valence-corrected chi connectivity index (χ1v) is 8.73. The van der Waals surface area contributed by atoms with E-state index in [1.807, 2.05) is 12.1 Å². The lowest BCUT2D eigenvalue weighted by molar-refractivity contribution is -0.114. The zero-order chi connectivity index (χ0) is 18.3. The van der Waals surface area contributed by atoms with E-state index in [2.05, 4.69) is 28.9 Å². The van der Waals surface area contributed by atoms with E-state index in [1.54, 1.807) is 0 Å². The molecule has 26 heavy (non-hydrogen) atoms. The highest BCUT2D eigenvalue weighted by Gasteiger charge is 2.37. The van der Waals surface area contributed by atoms with Crippen LogP contribution < -0.4 is 9.80 Å². The molecule has 4 rings (SSSR count). The van der Waals surface area contributed by atoms with Gasteiger partial charge in [-0.1, -0.05) is 18.2 Å². The second-order valence-electron chi connectivity index (χ2n) is 6.76. The largest absolute Gasteiger partial charge is 0.369 e. The Balaban J connectivity index is 1.45. The van der Waals surface area contributed by atoms with E-state index >= 15 is 0 Å². The molecule has 134 valence electrons. The Morgan fingerprint density at radius 2 is 1.69 bits per heavy atom. The summed E-state index contributed by atoms with van der Waals surface area (Å²) in [6.45, 7) is 5.76. The van der Waals surface area contributed by atoms with Crippen LogP contribution in [0.2, 0.25) is 0 Å². The molecule has 2 aliphatic rings. The Kier molecular flexibility index (Phi) is 4.20. The minimum Gasteiger partial charge on any atom is -0.369 e. The molecule has 0 saturated carbocycles. The minimum absolute atomic E-state index is 0.161. The van der Waals surface area contributed by atoms with Gasteiger partial charge in [-0.3, -0.25) is 19.4 Å². The molecule has 0 bridgehead atoms. The maximum atomic E-state index is 13.4. The van der Waals surface area contributed by atoms with Crippen molar-refractivity contribution in [1.29, 1.82) is 0 Å². The van der Waals surface area contributed by atoms with Crippen molar-refractivity contribution in [2.75, 3.05) is 42.6 Å². The fraction of sp³-hybridized carbons (Fsp3) is 0.300. The maximum Gasteiger partial charge on any atom is 0.300 e. The number of anilines is 2. The fourth-order valence-corrected chi connectivity index (χ4v) is 3.66. The molecule has 0 spiro atoms. The van der Waals surface area contributed by atoms with Crippen LogP contribution in [-0.4, -0.2) is 49.4 Å². The van der Waals surface area contributed by atoms with Crippen molar-refractivity contribution in [2.24, 2.45) is 0 Å². The molecule has 0 atom stereocenters. The van der Waals surface area contributed by atoms with E-state index in [9.17, 15) is 14.0 Å². The average molecular weight is 353 g/mol. The number of carbonyl (C=O) groups excluding carboxylic acids is 2. The van der Waals surface area contributed by atoms with Crippen LogP contribution in [0.15, 0.2) is 42.5 Å². The number of nitrogens with zero attached hydrogens (tertiary/aromatic N) is 3. The third-order valence-corrected chi connectivity index (χ3v) is 5.10. The Morgan fingerprint density at radius 1 is 0.962 bits per heavy atom. The van der Waals surface area contributed by atoms with Gasteiger partial charge in [0.15, 0.2) is 0 Å². The number of ketones is 1. The highest BCUT2D eigenvalue weighted by atomic mass is 19.1. The average Bonchev–Trinajstić information content (AvgIpc) is 2.87. The van der Waals surface area contributed by atoms with E-state index in [0.717, 1.165) is 32.2 Å². The third kappa shape index (κ3) is 2.86. The molecule has 5 nitrogen and oxygen atoms in total. The molecular weight excluding hydrogens is 333 g/mol. The molecule has 0 aliphatic carbocycles. The first-order valence-electron chi connectivity index (χ1n) is 8.73. The molecule has 1 amide bonds. The lowest BCUT2D eigenvalue weighted by Gasteiger charge is -2.38. The van der Waals surface area contributed by atoms with E-state index in [-0.39, 0.29) is 5.56 Å². The van der Waals surface area contributed by atoms with Crippen molar-refractivity contribution in [3.63, 3.8) is 0 Å². The molecule has 0 N–H and O–H groups in total. The molecule has 0 aromatic heterocycles. The van der Waals surface area contributed by atoms with Crippen molar-refractivity contribution >= 4 is 23.1 Å². The highest BCUT2D eigenvalue weighted by molar-refractivity contribution is 6.52. The minimum atomic E-state index is -0.627. The van der Waals surface area contributed by atoms with Crippen LogP contribution in [0.4, 0.5) is 15.8 Å². The van der Waals surface area contributed by atoms with Gasteiger partial charge in [0.2, 0.25) is 0 Å². The topological polar surface area (TPSA) is 43.9 Å². The monoisotopic (exact) mass is 353 g/mol. The van der Waals surface area contributed by atoms with Crippen LogP contribution in [0.5, 0.6) is 0 Å². The number of amides is 1. The standard InChI is InChI=1S/C20H20FN3O2/c1-14-4-2-3-5-17(14)23-10-8-22(9-11-23)13-24-18-7-6-15(21)12-16(18)19(25)20(24)26/h2-7,12H,8-11,13H2,1H3. The van der Waals surface area contributed by atoms with Crippen LogP contribution in [0.1, 0.15) is 15.9 Å². The van der Waals surface area contributed by atoms with E-state index in [1.165, 1.54) is 28.3 Å². The molecule has 6 heteroatoms. The van der Waals surface area contributed by atoms with Gasteiger partial charge < -0.3 is 4.90 Å². The number of piperazine rings is 1. The van der Waals surface area contributed by atoms with Crippen LogP contribution in [0.25, 0.3) is 0 Å². The number of para-hydroxylation sites is 1. The molecule has 0 radical (unpaired) electrons. The summed E-state index contributed by atoms with van der Waals surface area (Å²) in [5, 5.41) is 0. The number of hydrogen-bond donors (Lipinski definition) is 0. The van der Waals surface area contributed by atoms with Crippen LogP contribution in [0.3, 0.4) is 0 Å². The molecular formula is C20H20FN3O2. The number of fused-ring (bicyclic) bond motifs is 1. The van der Waals surface area contributed by atoms with Crippen molar-refractivity contribution < 1.29 is 14.0 Å². The summed E-state index contributed by atoms with van der Waals surface area (Å²) in [7, 11) is 0. The van der Waals surface area contributed by atoms with Gasteiger partial charge >= 0.3 is 5.91 Å². The predicted molar refractivity (Wildman–Crippen MR) is 98.0 cm³/mol. The summed E-state index contributed by atoms with van der Waals surface area (Å²) < 4.78 is 13.4. The number of Topliss-reactive ketones (excluding diaryl/α,β-unsaturated/α-hetero) is 1. The summed E-state index contributed by atoms with van der Waals surface area (Å²) >= 11 is 0. The number of hydrogen-bond acceptors (Lipinski definition) is 4. The van der Waals surface area contributed by atoms with Gasteiger partial charge in [-0.2, -0.15) is 0 Å². The van der Waals surface area contributed by atoms with Crippen LogP contribution in [-0.2, 0) is 4.79 Å². The Bertz CT molecular complexity index is 875. The van der Waals surface area contributed by atoms with Crippen molar-refractivity contribution in [1.82, 2.24) is 4.90 Å². The first kappa shape index (κ1) is 16.7. The smallest absolute Gasteiger partial charge is 0.300 e. The van der Waals surface area contributed by atoms with Crippen LogP contribution >= 0.6 is 0 Å². The number of halogens is 1. The van der Waals surface area contributed by atoms with E-state index in [4.69, 9.17) is 0 Å². The summed E-state index contributed by atoms with van der Waals surface area (Å²) in [5.41, 5.74) is 3.15. The molecule has 0 unspecified atom stereocenters. The zero-order valence-electron chi connectivity index (χ0n) is 14.6. The van der Waals surface area contributed by atoms with Crippen molar-refractivity contribution in [3.8, 4) is 0 Å². The molecule has 1 saturated heterocycles. The second-order valence-corrected chi connectivity index (χ2v) is 6.76. The number of rotatable bonds is 3. The quantitative estimate of drug-likeness (QED) is 0.795. The number of benzene rings is 2. The third-order valence-electron chi connectivity index (χ3n) is 5.10. The molecule has 2 heterocycles. The lowest BCUT2D eigenvalue weighted by atomic mass is 10.1. The highest BCUT2D eigenvalue weighted by Crippen LogP contribution is 2.30. The SMILES string of the molecule is Cc1ccccc1N1CCN(CN2C(=O)C(=O)c3cc(F)ccc32)CC1. The van der Waals surface area contributed by atoms with Gasteiger partial charge in [0, 0.05) is 31.9 Å². The predicted octanol–water partition coefficient (Wildman–Crippen LogP) is 2.44. The van der Waals surface area contributed by atoms with Gasteiger partial charge in [0.05, 0.1) is 17.9 Å². The van der Waals surface area contributed by atoms with Gasteiger partial charge in [-0.15, -0.1) is 0 Å². The molecule has 1 fully saturated rings. The summed E-state index contributed by atoms with van der Waals surface area (Å²) in [6.07, 6.45) is 0.